The molecule has 0 heterocycles. The van der Waals surface area contributed by atoms with Crippen LogP contribution in [0.4, 0.5) is 4.79 Å². The van der Waals surface area contributed by atoms with Gasteiger partial charge in [-0.2, -0.15) is 0 Å². The molecule has 0 atom stereocenters. The molecule has 0 bridgehead atoms. The van der Waals surface area contributed by atoms with E-state index in [1.807, 2.05) is 0 Å². The molecule has 1 aromatic carbocycles. The van der Waals surface area contributed by atoms with Gasteiger partial charge in [0.25, 0.3) is 5.91 Å². The summed E-state index contributed by atoms with van der Waals surface area (Å²) in [4.78, 5) is 45.6. The van der Waals surface area contributed by atoms with Gasteiger partial charge in [-0.05, 0) is 25.0 Å². The highest BCUT2D eigenvalue weighted by Crippen LogP contribution is 2.17. The molecule has 0 aliphatic heterocycles. The first-order valence-electron chi connectivity index (χ1n) is 7.91. The molecule has 0 unspecified atom stereocenters. The molecule has 7 heteroatoms. The highest BCUT2D eigenvalue weighted by atomic mass is 16.5. The Morgan fingerprint density at radius 3 is 2.38 bits per heavy atom. The van der Waals surface area contributed by atoms with E-state index in [9.17, 15) is 19.2 Å². The van der Waals surface area contributed by atoms with Gasteiger partial charge in [0.2, 0.25) is 0 Å². The Morgan fingerprint density at radius 1 is 1.08 bits per heavy atom. The van der Waals surface area contributed by atoms with Crippen LogP contribution in [0.5, 0.6) is 0 Å². The highest BCUT2D eigenvalue weighted by Gasteiger charge is 2.17. The summed E-state index contributed by atoms with van der Waals surface area (Å²) < 4.78 is 4.83. The van der Waals surface area contributed by atoms with Crippen molar-refractivity contribution in [2.75, 3.05) is 6.61 Å². The number of amides is 3. The molecule has 0 saturated heterocycles. The minimum Gasteiger partial charge on any atom is -0.452 e. The fraction of sp³-hybridized carbons (Fsp3) is 0.412. The van der Waals surface area contributed by atoms with Crippen LogP contribution in [-0.4, -0.2) is 36.8 Å². The van der Waals surface area contributed by atoms with Crippen LogP contribution < -0.4 is 10.6 Å². The number of rotatable bonds is 5. The zero-order valence-corrected chi connectivity index (χ0v) is 13.2. The molecule has 3 amide bonds. The summed E-state index contributed by atoms with van der Waals surface area (Å²) in [6, 6.07) is 5.32. The normalized spacial score (nSPS) is 14.5. The van der Waals surface area contributed by atoms with Crippen LogP contribution in [-0.2, 0) is 9.53 Å². The first-order chi connectivity index (χ1) is 11.6. The number of carbonyl (C=O) groups excluding carboxylic acids is 4. The third-order valence-corrected chi connectivity index (χ3v) is 3.81. The Labute approximate surface area is 139 Å². The largest absolute Gasteiger partial charge is 0.452 e. The SMILES string of the molecule is O=Cc1ccc(C(=O)OCC(=O)NC(=O)NC2CCCCC2)cc1. The molecule has 128 valence electrons. The van der Waals surface area contributed by atoms with Gasteiger partial charge in [0, 0.05) is 11.6 Å². The van der Waals surface area contributed by atoms with Crippen molar-refractivity contribution in [3.63, 3.8) is 0 Å². The quantitative estimate of drug-likeness (QED) is 0.632. The zero-order chi connectivity index (χ0) is 17.4. The molecule has 7 nitrogen and oxygen atoms in total. The minimum atomic E-state index is -0.699. The lowest BCUT2D eigenvalue weighted by Gasteiger charge is -2.22. The lowest BCUT2D eigenvalue weighted by molar-refractivity contribution is -0.123. The number of ether oxygens (including phenoxy) is 1. The van der Waals surface area contributed by atoms with Gasteiger partial charge in [-0.15, -0.1) is 0 Å². The smallest absolute Gasteiger partial charge is 0.338 e. The lowest BCUT2D eigenvalue weighted by atomic mass is 9.96. The Morgan fingerprint density at radius 2 is 1.75 bits per heavy atom. The fourth-order valence-corrected chi connectivity index (χ4v) is 2.54. The molecule has 24 heavy (non-hydrogen) atoms. The van der Waals surface area contributed by atoms with Gasteiger partial charge in [0.05, 0.1) is 5.56 Å². The van der Waals surface area contributed by atoms with E-state index in [1.54, 1.807) is 0 Å². The number of nitrogens with one attached hydrogen (secondary N) is 2. The second-order valence-electron chi connectivity index (χ2n) is 5.67. The average molecular weight is 332 g/mol. The number of esters is 1. The first-order valence-corrected chi connectivity index (χ1v) is 7.91. The van der Waals surface area contributed by atoms with Crippen LogP contribution in [0.2, 0.25) is 0 Å². The number of hydrogen-bond donors (Lipinski definition) is 2. The van der Waals surface area contributed by atoms with Crippen LogP contribution in [0, 0.1) is 0 Å². The van der Waals surface area contributed by atoms with Crippen LogP contribution in [0.1, 0.15) is 52.8 Å². The molecule has 1 aliphatic carbocycles. The zero-order valence-electron chi connectivity index (χ0n) is 13.2. The summed E-state index contributed by atoms with van der Waals surface area (Å²) in [5.74, 6) is -1.39. The van der Waals surface area contributed by atoms with Crippen LogP contribution in [0.3, 0.4) is 0 Å². The van der Waals surface area contributed by atoms with Gasteiger partial charge in [-0.25, -0.2) is 9.59 Å². The molecule has 1 saturated carbocycles. The molecule has 1 aliphatic rings. The number of hydrogen-bond acceptors (Lipinski definition) is 5. The molecule has 0 radical (unpaired) electrons. The monoisotopic (exact) mass is 332 g/mol. The van der Waals surface area contributed by atoms with Gasteiger partial charge in [-0.1, -0.05) is 31.4 Å². The molecule has 1 fully saturated rings. The predicted molar refractivity (Wildman–Crippen MR) is 85.7 cm³/mol. The minimum absolute atomic E-state index is 0.0884. The number of imide groups is 1. The van der Waals surface area contributed by atoms with Crippen LogP contribution in [0.15, 0.2) is 24.3 Å². The van der Waals surface area contributed by atoms with Gasteiger partial charge < -0.3 is 10.1 Å². The predicted octanol–water partition coefficient (Wildman–Crippen LogP) is 1.81. The Bertz CT molecular complexity index is 606. The molecule has 0 aromatic heterocycles. The lowest BCUT2D eigenvalue weighted by Crippen LogP contribution is -2.46. The molecule has 0 spiro atoms. The van der Waals surface area contributed by atoms with E-state index in [1.165, 1.54) is 30.7 Å². The third kappa shape index (κ3) is 5.49. The summed E-state index contributed by atoms with van der Waals surface area (Å²) in [6.45, 7) is -0.549. The Balaban J connectivity index is 1.72. The topological polar surface area (TPSA) is 102 Å². The van der Waals surface area contributed by atoms with E-state index < -0.39 is 24.5 Å². The van der Waals surface area contributed by atoms with Crippen molar-refractivity contribution in [3.8, 4) is 0 Å². The number of urea groups is 1. The second kappa shape index (κ2) is 8.81. The maximum atomic E-state index is 11.8. The van der Waals surface area contributed by atoms with E-state index in [0.717, 1.165) is 25.7 Å². The number of benzene rings is 1. The Hall–Kier alpha value is -2.70. The van der Waals surface area contributed by atoms with Gasteiger partial charge in [0.1, 0.15) is 6.29 Å². The van der Waals surface area contributed by atoms with Crippen LogP contribution in [0.25, 0.3) is 0 Å². The van der Waals surface area contributed by atoms with Crippen molar-refractivity contribution in [2.45, 2.75) is 38.1 Å². The van der Waals surface area contributed by atoms with Gasteiger partial charge >= 0.3 is 12.0 Å². The summed E-state index contributed by atoms with van der Waals surface area (Å²) in [5.41, 5.74) is 0.656. The molecule has 2 rings (SSSR count). The molecule has 1 aromatic rings. The van der Waals surface area contributed by atoms with E-state index >= 15 is 0 Å². The van der Waals surface area contributed by atoms with Crippen molar-refractivity contribution in [2.24, 2.45) is 0 Å². The van der Waals surface area contributed by atoms with Crippen molar-refractivity contribution >= 4 is 24.2 Å². The maximum Gasteiger partial charge on any atom is 0.338 e. The second-order valence-corrected chi connectivity index (χ2v) is 5.67. The third-order valence-electron chi connectivity index (χ3n) is 3.81. The fourth-order valence-electron chi connectivity index (χ4n) is 2.54. The van der Waals surface area contributed by atoms with Crippen molar-refractivity contribution < 1.29 is 23.9 Å². The summed E-state index contributed by atoms with van der Waals surface area (Å²) in [7, 11) is 0. The molecular weight excluding hydrogens is 312 g/mol. The maximum absolute atomic E-state index is 11.8. The Kier molecular flexibility index (Phi) is 6.48. The van der Waals surface area contributed by atoms with Crippen molar-refractivity contribution in [1.82, 2.24) is 10.6 Å². The average Bonchev–Trinajstić information content (AvgIpc) is 2.60. The van der Waals surface area contributed by atoms with E-state index in [-0.39, 0.29) is 11.6 Å². The van der Waals surface area contributed by atoms with Crippen molar-refractivity contribution in [3.05, 3.63) is 35.4 Å². The van der Waals surface area contributed by atoms with E-state index in [2.05, 4.69) is 10.6 Å². The van der Waals surface area contributed by atoms with Gasteiger partial charge in [-0.3, -0.25) is 14.9 Å². The number of aldehydes is 1. The summed E-state index contributed by atoms with van der Waals surface area (Å²) in [5, 5.41) is 4.88. The standard InChI is InChI=1S/C17H20N2O5/c20-10-12-6-8-13(9-7-12)16(22)24-11-15(21)19-17(23)18-14-4-2-1-3-5-14/h6-10,14H,1-5,11H2,(H2,18,19,21,23). The highest BCUT2D eigenvalue weighted by molar-refractivity contribution is 5.97. The molecule has 2 N–H and O–H groups in total. The van der Waals surface area contributed by atoms with Crippen molar-refractivity contribution in [1.29, 1.82) is 0 Å². The van der Waals surface area contributed by atoms with Crippen LogP contribution >= 0.6 is 0 Å². The first kappa shape index (κ1) is 17.7. The van der Waals surface area contributed by atoms with E-state index in [0.29, 0.717) is 11.8 Å². The summed E-state index contributed by atoms with van der Waals surface area (Å²) in [6.07, 6.45) is 5.79. The number of carbonyl (C=O) groups is 4. The molecular formula is C17H20N2O5. The van der Waals surface area contributed by atoms with Gasteiger partial charge in [0.15, 0.2) is 6.61 Å². The van der Waals surface area contributed by atoms with E-state index in [4.69, 9.17) is 4.74 Å². The summed E-state index contributed by atoms with van der Waals surface area (Å²) >= 11 is 0.